The van der Waals surface area contributed by atoms with Crippen molar-refractivity contribution in [1.29, 1.82) is 0 Å². The second-order valence-electron chi connectivity index (χ2n) is 6.79. The second-order valence-corrected chi connectivity index (χ2v) is 8.73. The van der Waals surface area contributed by atoms with E-state index in [1.54, 1.807) is 55.6 Å². The molecule has 2 aromatic carbocycles. The zero-order chi connectivity index (χ0) is 23.0. The van der Waals surface area contributed by atoms with Crippen molar-refractivity contribution >= 4 is 21.6 Å². The Kier molecular flexibility index (Phi) is 7.80. The van der Waals surface area contributed by atoms with Gasteiger partial charge in [-0.25, -0.2) is 8.42 Å². The highest BCUT2D eigenvalue weighted by Gasteiger charge is 2.27. The molecule has 0 fully saturated rings. The van der Waals surface area contributed by atoms with Crippen molar-refractivity contribution in [1.82, 2.24) is 9.29 Å². The van der Waals surface area contributed by atoms with E-state index in [2.05, 4.69) is 10.3 Å². The SMILES string of the molecule is CCOc1ccccc1NC(=O)CN(Cc1ccc(OC)cc1)S(=O)(=O)c1cccnc1. The van der Waals surface area contributed by atoms with Gasteiger partial charge in [-0.3, -0.25) is 9.78 Å². The molecule has 3 rings (SSSR count). The van der Waals surface area contributed by atoms with Crippen LogP contribution in [0.15, 0.2) is 78.0 Å². The molecule has 3 aromatic rings. The van der Waals surface area contributed by atoms with E-state index in [0.717, 1.165) is 4.31 Å². The fraction of sp³-hybridized carbons (Fsp3) is 0.217. The van der Waals surface area contributed by atoms with E-state index in [4.69, 9.17) is 9.47 Å². The Morgan fingerprint density at radius 3 is 2.47 bits per heavy atom. The number of rotatable bonds is 10. The molecule has 32 heavy (non-hydrogen) atoms. The molecule has 8 nitrogen and oxygen atoms in total. The fourth-order valence-corrected chi connectivity index (χ4v) is 4.36. The molecule has 0 saturated heterocycles. The molecule has 0 radical (unpaired) electrons. The molecular formula is C23H25N3O5S. The molecule has 1 heterocycles. The lowest BCUT2D eigenvalue weighted by Crippen LogP contribution is -2.37. The maximum atomic E-state index is 13.3. The van der Waals surface area contributed by atoms with Gasteiger partial charge in [-0.1, -0.05) is 24.3 Å². The van der Waals surface area contributed by atoms with Crippen LogP contribution in [-0.2, 0) is 21.4 Å². The number of amides is 1. The average molecular weight is 456 g/mol. The van der Waals surface area contributed by atoms with E-state index in [1.807, 2.05) is 6.92 Å². The highest BCUT2D eigenvalue weighted by atomic mass is 32.2. The first-order valence-electron chi connectivity index (χ1n) is 9.99. The first-order valence-corrected chi connectivity index (χ1v) is 11.4. The smallest absolute Gasteiger partial charge is 0.245 e. The summed E-state index contributed by atoms with van der Waals surface area (Å²) in [4.78, 5) is 16.8. The lowest BCUT2D eigenvalue weighted by atomic mass is 10.2. The van der Waals surface area contributed by atoms with Gasteiger partial charge in [0.05, 0.1) is 25.9 Å². The number of anilines is 1. The van der Waals surface area contributed by atoms with Crippen LogP contribution >= 0.6 is 0 Å². The molecule has 9 heteroatoms. The number of ether oxygens (including phenoxy) is 2. The van der Waals surface area contributed by atoms with Crippen molar-refractivity contribution < 1.29 is 22.7 Å². The third-order valence-electron chi connectivity index (χ3n) is 4.57. The summed E-state index contributed by atoms with van der Waals surface area (Å²) in [7, 11) is -2.42. The minimum Gasteiger partial charge on any atom is -0.497 e. The van der Waals surface area contributed by atoms with Gasteiger partial charge < -0.3 is 14.8 Å². The van der Waals surface area contributed by atoms with Crippen molar-refractivity contribution in [2.75, 3.05) is 25.6 Å². The van der Waals surface area contributed by atoms with Gasteiger partial charge in [-0.15, -0.1) is 0 Å². The van der Waals surface area contributed by atoms with Gasteiger partial charge in [-0.05, 0) is 48.9 Å². The number of benzene rings is 2. The molecule has 1 N–H and O–H groups in total. The maximum Gasteiger partial charge on any atom is 0.245 e. The Morgan fingerprint density at radius 1 is 1.06 bits per heavy atom. The van der Waals surface area contributed by atoms with Gasteiger partial charge in [0.25, 0.3) is 0 Å². The Morgan fingerprint density at radius 2 is 1.81 bits per heavy atom. The normalized spacial score (nSPS) is 11.2. The summed E-state index contributed by atoms with van der Waals surface area (Å²) in [5.41, 5.74) is 1.18. The third kappa shape index (κ3) is 5.83. The topological polar surface area (TPSA) is 97.8 Å². The molecule has 0 aliphatic heterocycles. The van der Waals surface area contributed by atoms with Crippen LogP contribution in [-0.4, -0.2) is 43.9 Å². The standard InChI is InChI=1S/C23H25N3O5S/c1-3-31-22-9-5-4-8-21(22)25-23(27)17-26(16-18-10-12-19(30-2)13-11-18)32(28,29)20-7-6-14-24-15-20/h4-15H,3,16-17H2,1-2H3,(H,25,27). The summed E-state index contributed by atoms with van der Waals surface area (Å²) in [6.07, 6.45) is 2.75. The minimum absolute atomic E-state index is 0.00173. The molecule has 0 spiro atoms. The number of methoxy groups -OCH3 is 1. The van der Waals surface area contributed by atoms with Crippen molar-refractivity contribution in [3.63, 3.8) is 0 Å². The van der Waals surface area contributed by atoms with Crippen LogP contribution in [0.1, 0.15) is 12.5 Å². The highest BCUT2D eigenvalue weighted by Crippen LogP contribution is 2.24. The molecule has 0 unspecified atom stereocenters. The third-order valence-corrected chi connectivity index (χ3v) is 6.35. The van der Waals surface area contributed by atoms with Crippen LogP contribution in [0.5, 0.6) is 11.5 Å². The highest BCUT2D eigenvalue weighted by molar-refractivity contribution is 7.89. The van der Waals surface area contributed by atoms with Crippen LogP contribution in [0.4, 0.5) is 5.69 Å². The predicted molar refractivity (Wildman–Crippen MR) is 121 cm³/mol. The number of carbonyl (C=O) groups excluding carboxylic acids is 1. The number of carbonyl (C=O) groups is 1. The Balaban J connectivity index is 1.85. The zero-order valence-corrected chi connectivity index (χ0v) is 18.7. The largest absolute Gasteiger partial charge is 0.497 e. The molecule has 168 valence electrons. The Bertz CT molecular complexity index is 1140. The van der Waals surface area contributed by atoms with Gasteiger partial charge in [0.1, 0.15) is 16.4 Å². The van der Waals surface area contributed by atoms with Crippen molar-refractivity contribution in [3.8, 4) is 11.5 Å². The number of hydrogen-bond donors (Lipinski definition) is 1. The first kappa shape index (κ1) is 23.2. The number of nitrogens with zero attached hydrogens (tertiary/aromatic N) is 2. The number of pyridine rings is 1. The summed E-state index contributed by atoms with van der Waals surface area (Å²) in [5.74, 6) is 0.680. The van der Waals surface area contributed by atoms with Crippen LogP contribution in [0, 0.1) is 0 Å². The van der Waals surface area contributed by atoms with Crippen molar-refractivity contribution in [2.45, 2.75) is 18.4 Å². The van der Waals surface area contributed by atoms with E-state index < -0.39 is 15.9 Å². The van der Waals surface area contributed by atoms with Crippen LogP contribution in [0.2, 0.25) is 0 Å². The summed E-state index contributed by atoms with van der Waals surface area (Å²) >= 11 is 0. The molecule has 0 aliphatic rings. The van der Waals surface area contributed by atoms with E-state index in [0.29, 0.717) is 29.4 Å². The van der Waals surface area contributed by atoms with E-state index in [9.17, 15) is 13.2 Å². The lowest BCUT2D eigenvalue weighted by molar-refractivity contribution is -0.116. The molecule has 1 aromatic heterocycles. The van der Waals surface area contributed by atoms with Gasteiger partial charge in [-0.2, -0.15) is 4.31 Å². The van der Waals surface area contributed by atoms with E-state index in [1.165, 1.54) is 24.5 Å². The van der Waals surface area contributed by atoms with Crippen molar-refractivity contribution in [2.24, 2.45) is 0 Å². The Hall–Kier alpha value is -3.43. The Labute approximate surface area is 187 Å². The summed E-state index contributed by atoms with van der Waals surface area (Å²) in [5, 5.41) is 2.75. The van der Waals surface area contributed by atoms with Gasteiger partial charge in [0, 0.05) is 18.9 Å². The number of aromatic nitrogens is 1. The first-order chi connectivity index (χ1) is 15.4. The van der Waals surface area contributed by atoms with Crippen LogP contribution in [0.25, 0.3) is 0 Å². The van der Waals surface area contributed by atoms with Crippen LogP contribution < -0.4 is 14.8 Å². The molecule has 0 bridgehead atoms. The number of sulfonamides is 1. The number of para-hydroxylation sites is 2. The number of hydrogen-bond acceptors (Lipinski definition) is 6. The van der Waals surface area contributed by atoms with Crippen LogP contribution in [0.3, 0.4) is 0 Å². The van der Waals surface area contributed by atoms with Gasteiger partial charge in [0.2, 0.25) is 15.9 Å². The summed E-state index contributed by atoms with van der Waals surface area (Å²) in [6.45, 7) is 1.90. The minimum atomic E-state index is -3.98. The van der Waals surface area contributed by atoms with Gasteiger partial charge in [0.15, 0.2) is 0 Å². The maximum absolute atomic E-state index is 13.3. The molecule has 0 aliphatic carbocycles. The fourth-order valence-electron chi connectivity index (χ4n) is 3.01. The molecular weight excluding hydrogens is 430 g/mol. The van der Waals surface area contributed by atoms with Crippen molar-refractivity contribution in [3.05, 3.63) is 78.6 Å². The van der Waals surface area contributed by atoms with Gasteiger partial charge >= 0.3 is 0 Å². The predicted octanol–water partition coefficient (Wildman–Crippen LogP) is 3.32. The van der Waals surface area contributed by atoms with E-state index >= 15 is 0 Å². The lowest BCUT2D eigenvalue weighted by Gasteiger charge is -2.22. The number of nitrogens with one attached hydrogen (secondary N) is 1. The van der Waals surface area contributed by atoms with E-state index in [-0.39, 0.29) is 18.0 Å². The molecule has 1 amide bonds. The monoisotopic (exact) mass is 455 g/mol. The summed E-state index contributed by atoms with van der Waals surface area (Å²) < 4.78 is 38.3. The molecule has 0 atom stereocenters. The quantitative estimate of drug-likeness (QED) is 0.504. The summed E-state index contributed by atoms with van der Waals surface area (Å²) in [6, 6.07) is 17.0. The average Bonchev–Trinajstić information content (AvgIpc) is 2.81. The molecule has 0 saturated carbocycles. The zero-order valence-electron chi connectivity index (χ0n) is 17.9. The second kappa shape index (κ2) is 10.7.